The van der Waals surface area contributed by atoms with Crippen molar-refractivity contribution >= 4 is 39.8 Å². The summed E-state index contributed by atoms with van der Waals surface area (Å²) in [6, 6.07) is 8.06. The second-order valence-corrected chi connectivity index (χ2v) is 6.92. The van der Waals surface area contributed by atoms with Gasteiger partial charge in [0.1, 0.15) is 6.07 Å². The van der Waals surface area contributed by atoms with Crippen molar-refractivity contribution in [3.8, 4) is 6.07 Å². The summed E-state index contributed by atoms with van der Waals surface area (Å²) in [7, 11) is 0. The molecule has 0 radical (unpaired) electrons. The van der Waals surface area contributed by atoms with E-state index in [2.05, 4.69) is 23.0 Å². The predicted octanol–water partition coefficient (Wildman–Crippen LogP) is 3.77. The molecule has 1 aliphatic heterocycles. The predicted molar refractivity (Wildman–Crippen MR) is 102 cm³/mol. The molecular formula is C19H18N4OS. The fraction of sp³-hybridized carbons (Fsp3) is 0.263. The molecule has 6 heteroatoms. The summed E-state index contributed by atoms with van der Waals surface area (Å²) >= 11 is 1.17. The van der Waals surface area contributed by atoms with Crippen LogP contribution in [-0.2, 0) is 11.2 Å². The number of carbonyl (C=O) groups is 1. The fourth-order valence-corrected chi connectivity index (χ4v) is 3.53. The van der Waals surface area contributed by atoms with E-state index in [-0.39, 0.29) is 11.1 Å². The molecule has 0 saturated heterocycles. The normalized spacial score (nSPS) is 15.6. The van der Waals surface area contributed by atoms with E-state index in [1.165, 1.54) is 11.8 Å². The first-order valence-electron chi connectivity index (χ1n) is 8.22. The van der Waals surface area contributed by atoms with E-state index in [1.807, 2.05) is 18.2 Å². The van der Waals surface area contributed by atoms with Crippen LogP contribution in [0.4, 0.5) is 0 Å². The van der Waals surface area contributed by atoms with Gasteiger partial charge in [-0.2, -0.15) is 10.3 Å². The summed E-state index contributed by atoms with van der Waals surface area (Å²) < 4.78 is 0. The molecule has 0 aliphatic carbocycles. The Kier molecular flexibility index (Phi) is 5.15. The zero-order chi connectivity index (χ0) is 17.8. The first kappa shape index (κ1) is 17.2. The first-order chi connectivity index (χ1) is 12.1. The van der Waals surface area contributed by atoms with Gasteiger partial charge in [-0.15, -0.1) is 0 Å². The van der Waals surface area contributed by atoms with Crippen LogP contribution < -0.4 is 5.73 Å². The Morgan fingerprint density at radius 1 is 1.36 bits per heavy atom. The van der Waals surface area contributed by atoms with E-state index in [0.29, 0.717) is 10.5 Å². The average Bonchev–Trinajstić information content (AvgIpc) is 2.92. The maximum absolute atomic E-state index is 11.8. The molecule has 0 spiro atoms. The number of thioether (sulfide) groups is 1. The quantitative estimate of drug-likeness (QED) is 0.654. The van der Waals surface area contributed by atoms with E-state index in [1.54, 1.807) is 12.3 Å². The van der Waals surface area contributed by atoms with Gasteiger partial charge < -0.3 is 5.73 Å². The van der Waals surface area contributed by atoms with Gasteiger partial charge in [-0.05, 0) is 53.9 Å². The average molecular weight is 350 g/mol. The molecule has 1 amide bonds. The molecule has 5 nitrogen and oxygen atoms in total. The lowest BCUT2D eigenvalue weighted by Crippen LogP contribution is -2.01. The van der Waals surface area contributed by atoms with Crippen molar-refractivity contribution in [1.82, 2.24) is 4.98 Å². The number of fused-ring (bicyclic) bond motifs is 1. The van der Waals surface area contributed by atoms with Crippen LogP contribution in [-0.4, -0.2) is 16.1 Å². The molecule has 0 bridgehead atoms. The summed E-state index contributed by atoms with van der Waals surface area (Å²) in [6.07, 6.45) is 7.56. The van der Waals surface area contributed by atoms with Crippen molar-refractivity contribution in [2.24, 2.45) is 10.7 Å². The lowest BCUT2D eigenvalue weighted by atomic mass is 9.97. The van der Waals surface area contributed by atoms with E-state index in [4.69, 9.17) is 5.73 Å². The summed E-state index contributed by atoms with van der Waals surface area (Å²) in [6.45, 7) is 2.16. The van der Waals surface area contributed by atoms with Crippen LogP contribution in [0, 0.1) is 11.3 Å². The maximum Gasteiger partial charge on any atom is 0.286 e. The molecule has 0 unspecified atom stereocenters. The smallest absolute Gasteiger partial charge is 0.286 e. The third-order valence-electron chi connectivity index (χ3n) is 4.09. The fourth-order valence-electron chi connectivity index (χ4n) is 2.85. The number of aryl methyl sites for hydroxylation is 1. The molecule has 2 N–H and O–H groups in total. The van der Waals surface area contributed by atoms with E-state index >= 15 is 0 Å². The highest BCUT2D eigenvalue weighted by molar-refractivity contribution is 8.18. The van der Waals surface area contributed by atoms with Gasteiger partial charge in [-0.3, -0.25) is 9.78 Å². The third-order valence-corrected chi connectivity index (χ3v) is 4.90. The number of nitrogens with two attached hydrogens (primary N) is 1. The number of unbranched alkanes of at least 4 members (excludes halogenated alkanes) is 2. The largest absolute Gasteiger partial charge is 0.378 e. The molecule has 0 atom stereocenters. The summed E-state index contributed by atoms with van der Waals surface area (Å²) in [4.78, 5) is 20.4. The first-order valence-corrected chi connectivity index (χ1v) is 9.03. The number of amides is 1. The van der Waals surface area contributed by atoms with Gasteiger partial charge in [0.2, 0.25) is 0 Å². The van der Waals surface area contributed by atoms with Crippen LogP contribution in [0.3, 0.4) is 0 Å². The second-order valence-electron chi connectivity index (χ2n) is 5.86. The number of aliphatic imine (C=N–C) groups is 1. The molecule has 1 aliphatic rings. The lowest BCUT2D eigenvalue weighted by molar-refractivity contribution is -0.113. The van der Waals surface area contributed by atoms with Crippen molar-refractivity contribution in [2.45, 2.75) is 32.6 Å². The Labute approximate surface area is 150 Å². The molecule has 1 aromatic heterocycles. The van der Waals surface area contributed by atoms with Crippen LogP contribution in [0.1, 0.15) is 42.9 Å². The third kappa shape index (κ3) is 3.72. The standard InChI is InChI=1S/C19H18N4OS/c1-2-3-4-5-14-13(10-20)11-22-16-7-6-12(8-15(14)16)9-17-18(24)23-19(21)25-17/h6-9,11H,2-5H2,1H3,(H2,21,23,24). The summed E-state index contributed by atoms with van der Waals surface area (Å²) in [5, 5.41) is 10.7. The van der Waals surface area contributed by atoms with Crippen LogP contribution in [0.15, 0.2) is 34.3 Å². The van der Waals surface area contributed by atoms with Crippen molar-refractivity contribution in [1.29, 1.82) is 5.26 Å². The highest BCUT2D eigenvalue weighted by Crippen LogP contribution is 2.29. The Bertz CT molecular complexity index is 940. The zero-order valence-electron chi connectivity index (χ0n) is 14.0. The number of pyridine rings is 1. The van der Waals surface area contributed by atoms with Gasteiger partial charge in [-0.25, -0.2) is 0 Å². The van der Waals surface area contributed by atoms with E-state index in [0.717, 1.165) is 47.7 Å². The molecule has 25 heavy (non-hydrogen) atoms. The number of nitrogens with zero attached hydrogens (tertiary/aromatic N) is 3. The second kappa shape index (κ2) is 7.49. The molecule has 126 valence electrons. The molecule has 2 heterocycles. The Morgan fingerprint density at radius 2 is 2.20 bits per heavy atom. The Balaban J connectivity index is 2.03. The number of aromatic nitrogens is 1. The minimum absolute atomic E-state index is 0.269. The molecule has 2 aromatic rings. The van der Waals surface area contributed by atoms with Crippen molar-refractivity contribution in [3.05, 3.63) is 46.0 Å². The number of amidine groups is 1. The minimum atomic E-state index is -0.310. The van der Waals surface area contributed by atoms with Gasteiger partial charge in [0.25, 0.3) is 5.91 Å². The van der Waals surface area contributed by atoms with Crippen LogP contribution in [0.2, 0.25) is 0 Å². The topological polar surface area (TPSA) is 92.1 Å². The van der Waals surface area contributed by atoms with Crippen LogP contribution in [0.5, 0.6) is 0 Å². The number of hydrogen-bond acceptors (Lipinski definition) is 5. The zero-order valence-corrected chi connectivity index (χ0v) is 14.8. The molecular weight excluding hydrogens is 332 g/mol. The Morgan fingerprint density at radius 3 is 2.88 bits per heavy atom. The van der Waals surface area contributed by atoms with Crippen LogP contribution >= 0.6 is 11.8 Å². The summed E-state index contributed by atoms with van der Waals surface area (Å²) in [5.41, 5.74) is 8.97. The number of benzene rings is 1. The van der Waals surface area contributed by atoms with Gasteiger partial charge in [0, 0.05) is 11.6 Å². The lowest BCUT2D eigenvalue weighted by Gasteiger charge is -2.09. The number of hydrogen-bond donors (Lipinski definition) is 1. The number of carbonyl (C=O) groups excluding carboxylic acids is 1. The molecule has 3 rings (SSSR count). The van der Waals surface area contributed by atoms with Crippen LogP contribution in [0.25, 0.3) is 17.0 Å². The highest BCUT2D eigenvalue weighted by Gasteiger charge is 2.19. The molecule has 1 aromatic carbocycles. The van der Waals surface area contributed by atoms with E-state index < -0.39 is 0 Å². The van der Waals surface area contributed by atoms with E-state index in [9.17, 15) is 10.1 Å². The number of rotatable bonds is 5. The van der Waals surface area contributed by atoms with Gasteiger partial charge in [0.05, 0.1) is 16.0 Å². The SMILES string of the molecule is CCCCCc1c(C#N)cnc2ccc(C=C3SC(N)=NC3=O)cc12. The minimum Gasteiger partial charge on any atom is -0.378 e. The van der Waals surface area contributed by atoms with Gasteiger partial charge in [0.15, 0.2) is 5.17 Å². The highest BCUT2D eigenvalue weighted by atomic mass is 32.2. The van der Waals surface area contributed by atoms with Gasteiger partial charge in [-0.1, -0.05) is 25.8 Å². The Hall–Kier alpha value is -2.65. The number of nitriles is 1. The van der Waals surface area contributed by atoms with Crippen molar-refractivity contribution < 1.29 is 4.79 Å². The molecule has 0 saturated carbocycles. The summed E-state index contributed by atoms with van der Waals surface area (Å²) in [5.74, 6) is -0.310. The van der Waals surface area contributed by atoms with Crippen molar-refractivity contribution in [2.75, 3.05) is 0 Å². The van der Waals surface area contributed by atoms with Gasteiger partial charge >= 0.3 is 0 Å². The maximum atomic E-state index is 11.8. The monoisotopic (exact) mass is 350 g/mol. The van der Waals surface area contributed by atoms with Crippen molar-refractivity contribution in [3.63, 3.8) is 0 Å². The molecule has 0 fully saturated rings.